The van der Waals surface area contributed by atoms with Gasteiger partial charge < -0.3 is 9.47 Å². The minimum atomic E-state index is -0.727. The molecular formula is C21H19NO6. The van der Waals surface area contributed by atoms with Crippen LogP contribution in [0.4, 0.5) is 0 Å². The van der Waals surface area contributed by atoms with Gasteiger partial charge in [0.25, 0.3) is 11.8 Å². The van der Waals surface area contributed by atoms with Crippen LogP contribution in [0.2, 0.25) is 0 Å². The van der Waals surface area contributed by atoms with E-state index in [0.29, 0.717) is 16.7 Å². The fraction of sp³-hybridized carbons (Fsp3) is 0.238. The molecule has 2 aromatic rings. The number of rotatable bonds is 6. The maximum absolute atomic E-state index is 12.5. The Bertz CT molecular complexity index is 899. The predicted molar refractivity (Wildman–Crippen MR) is 98.2 cm³/mol. The minimum absolute atomic E-state index is 0.0906. The lowest BCUT2D eigenvalue weighted by atomic mass is 10.1. The molecular weight excluding hydrogens is 362 g/mol. The number of hydrogen-bond donors (Lipinski definition) is 0. The number of carbonyl (C=O) groups is 4. The Hall–Kier alpha value is -3.48. The van der Waals surface area contributed by atoms with Crippen LogP contribution in [-0.4, -0.2) is 35.3 Å². The van der Waals surface area contributed by atoms with E-state index in [9.17, 15) is 19.2 Å². The second-order valence-corrected chi connectivity index (χ2v) is 6.38. The van der Waals surface area contributed by atoms with Crippen LogP contribution in [0.1, 0.15) is 51.8 Å². The Balaban J connectivity index is 1.73. The monoisotopic (exact) mass is 381 g/mol. The van der Waals surface area contributed by atoms with Crippen molar-refractivity contribution in [2.75, 3.05) is 6.61 Å². The summed E-state index contributed by atoms with van der Waals surface area (Å²) in [5.74, 6) is -1.61. The molecule has 7 heteroatoms. The number of esters is 2. The Morgan fingerprint density at radius 1 is 0.893 bits per heavy atom. The summed E-state index contributed by atoms with van der Waals surface area (Å²) in [5, 5.41) is 0. The van der Waals surface area contributed by atoms with Gasteiger partial charge in [-0.2, -0.15) is 0 Å². The van der Waals surface area contributed by atoms with E-state index < -0.39 is 18.0 Å². The van der Waals surface area contributed by atoms with E-state index in [-0.39, 0.29) is 25.0 Å². The second-order valence-electron chi connectivity index (χ2n) is 6.38. The quantitative estimate of drug-likeness (QED) is 0.564. The lowest BCUT2D eigenvalue weighted by Gasteiger charge is -2.18. The van der Waals surface area contributed by atoms with Crippen molar-refractivity contribution in [3.8, 4) is 0 Å². The number of hydrogen-bond acceptors (Lipinski definition) is 6. The maximum Gasteiger partial charge on any atom is 0.303 e. The van der Waals surface area contributed by atoms with Crippen molar-refractivity contribution in [3.63, 3.8) is 0 Å². The van der Waals surface area contributed by atoms with Crippen LogP contribution in [0, 0.1) is 0 Å². The Kier molecular flexibility index (Phi) is 5.54. The van der Waals surface area contributed by atoms with Gasteiger partial charge >= 0.3 is 11.9 Å². The Labute approximate surface area is 161 Å². The smallest absolute Gasteiger partial charge is 0.303 e. The molecule has 28 heavy (non-hydrogen) atoms. The van der Waals surface area contributed by atoms with E-state index in [0.717, 1.165) is 5.56 Å². The summed E-state index contributed by atoms with van der Waals surface area (Å²) in [7, 11) is 0. The molecule has 0 spiro atoms. The minimum Gasteiger partial charge on any atom is -0.462 e. The lowest BCUT2D eigenvalue weighted by Crippen LogP contribution is -2.29. The summed E-state index contributed by atoms with van der Waals surface area (Å²) < 4.78 is 10.1. The van der Waals surface area contributed by atoms with Crippen LogP contribution in [0.5, 0.6) is 0 Å². The van der Waals surface area contributed by atoms with Crippen LogP contribution in [0.25, 0.3) is 0 Å². The summed E-state index contributed by atoms with van der Waals surface area (Å²) >= 11 is 0. The van der Waals surface area contributed by atoms with Crippen molar-refractivity contribution in [3.05, 3.63) is 70.8 Å². The Morgan fingerprint density at radius 2 is 1.46 bits per heavy atom. The molecule has 1 atom stereocenters. The summed E-state index contributed by atoms with van der Waals surface area (Å²) in [4.78, 5) is 48.4. The molecule has 2 amide bonds. The molecule has 0 saturated heterocycles. The SMILES string of the molecule is CC(=O)OC[C@@H](OC(C)=O)c1ccc(CN2C(=O)c3ccccc3C2=O)cc1. The number of benzene rings is 2. The average molecular weight is 381 g/mol. The van der Waals surface area contributed by atoms with Gasteiger partial charge in [-0.1, -0.05) is 36.4 Å². The van der Waals surface area contributed by atoms with Crippen LogP contribution >= 0.6 is 0 Å². The summed E-state index contributed by atoms with van der Waals surface area (Å²) in [6.07, 6.45) is -0.727. The third-order valence-corrected chi connectivity index (χ3v) is 4.32. The third kappa shape index (κ3) is 4.09. The van der Waals surface area contributed by atoms with E-state index in [1.807, 2.05) is 0 Å². The van der Waals surface area contributed by atoms with Crippen molar-refractivity contribution in [2.24, 2.45) is 0 Å². The fourth-order valence-corrected chi connectivity index (χ4v) is 2.99. The molecule has 1 aliphatic heterocycles. The number of ether oxygens (including phenoxy) is 2. The number of amides is 2. The highest BCUT2D eigenvalue weighted by Gasteiger charge is 2.34. The molecule has 0 aliphatic carbocycles. The molecule has 0 fully saturated rings. The first-order chi connectivity index (χ1) is 13.4. The molecule has 0 N–H and O–H groups in total. The molecule has 0 radical (unpaired) electrons. The van der Waals surface area contributed by atoms with E-state index in [1.165, 1.54) is 18.7 Å². The van der Waals surface area contributed by atoms with Gasteiger partial charge in [0.2, 0.25) is 0 Å². The largest absolute Gasteiger partial charge is 0.462 e. The molecule has 1 heterocycles. The normalized spacial score (nSPS) is 13.9. The molecule has 3 rings (SSSR count). The second kappa shape index (κ2) is 8.04. The standard InChI is InChI=1S/C21H19NO6/c1-13(23)27-12-19(28-14(2)24)16-9-7-15(8-10-16)11-22-20(25)17-5-3-4-6-18(17)21(22)26/h3-10,19H,11-12H2,1-2H3/t19-/m1/s1. The highest BCUT2D eigenvalue weighted by molar-refractivity contribution is 6.21. The lowest BCUT2D eigenvalue weighted by molar-refractivity contribution is -0.156. The fourth-order valence-electron chi connectivity index (χ4n) is 2.99. The van der Waals surface area contributed by atoms with Crippen LogP contribution < -0.4 is 0 Å². The highest BCUT2D eigenvalue weighted by atomic mass is 16.6. The zero-order chi connectivity index (χ0) is 20.3. The zero-order valence-electron chi connectivity index (χ0n) is 15.5. The van der Waals surface area contributed by atoms with Gasteiger partial charge in [-0.25, -0.2) is 0 Å². The summed E-state index contributed by atoms with van der Waals surface area (Å²) in [6, 6.07) is 13.6. The van der Waals surface area contributed by atoms with Crippen molar-refractivity contribution in [2.45, 2.75) is 26.5 Å². The third-order valence-electron chi connectivity index (χ3n) is 4.32. The van der Waals surface area contributed by atoms with E-state index >= 15 is 0 Å². The van der Waals surface area contributed by atoms with Crippen molar-refractivity contribution < 1.29 is 28.7 Å². The van der Waals surface area contributed by atoms with Crippen LogP contribution in [-0.2, 0) is 25.6 Å². The maximum atomic E-state index is 12.5. The molecule has 2 aromatic carbocycles. The van der Waals surface area contributed by atoms with E-state index in [1.54, 1.807) is 48.5 Å². The topological polar surface area (TPSA) is 90.0 Å². The number of fused-ring (bicyclic) bond motifs is 1. The number of nitrogens with zero attached hydrogens (tertiary/aromatic N) is 1. The summed E-state index contributed by atoms with van der Waals surface area (Å²) in [6.45, 7) is 2.59. The van der Waals surface area contributed by atoms with Crippen LogP contribution in [0.3, 0.4) is 0 Å². The van der Waals surface area contributed by atoms with E-state index in [2.05, 4.69) is 0 Å². The van der Waals surface area contributed by atoms with Gasteiger partial charge in [0.05, 0.1) is 17.7 Å². The Morgan fingerprint density at radius 3 is 1.96 bits per heavy atom. The predicted octanol–water partition coefficient (Wildman–Crippen LogP) is 2.65. The molecule has 0 unspecified atom stereocenters. The first kappa shape index (κ1) is 19.3. The average Bonchev–Trinajstić information content (AvgIpc) is 2.91. The molecule has 7 nitrogen and oxygen atoms in total. The molecule has 0 bridgehead atoms. The van der Waals surface area contributed by atoms with E-state index in [4.69, 9.17) is 9.47 Å². The van der Waals surface area contributed by atoms with Gasteiger partial charge in [-0.15, -0.1) is 0 Å². The van der Waals surface area contributed by atoms with Gasteiger partial charge in [0.15, 0.2) is 6.10 Å². The number of carbonyl (C=O) groups excluding carboxylic acids is 4. The zero-order valence-corrected chi connectivity index (χ0v) is 15.5. The van der Waals surface area contributed by atoms with Gasteiger partial charge in [0.1, 0.15) is 6.61 Å². The van der Waals surface area contributed by atoms with Crippen molar-refractivity contribution >= 4 is 23.8 Å². The van der Waals surface area contributed by atoms with Crippen molar-refractivity contribution in [1.82, 2.24) is 4.90 Å². The van der Waals surface area contributed by atoms with Gasteiger partial charge in [-0.3, -0.25) is 24.1 Å². The van der Waals surface area contributed by atoms with Crippen molar-refractivity contribution in [1.29, 1.82) is 0 Å². The first-order valence-corrected chi connectivity index (χ1v) is 8.71. The van der Waals surface area contributed by atoms with Crippen LogP contribution in [0.15, 0.2) is 48.5 Å². The number of imide groups is 1. The molecule has 0 aromatic heterocycles. The molecule has 0 saturated carbocycles. The van der Waals surface area contributed by atoms with Gasteiger partial charge in [0, 0.05) is 13.8 Å². The van der Waals surface area contributed by atoms with Gasteiger partial charge in [-0.05, 0) is 23.3 Å². The molecule has 144 valence electrons. The highest BCUT2D eigenvalue weighted by Crippen LogP contribution is 2.25. The first-order valence-electron chi connectivity index (χ1n) is 8.71. The molecule has 1 aliphatic rings. The summed E-state index contributed by atoms with van der Waals surface area (Å²) in [5.41, 5.74) is 2.19.